The number of H-pyrrole nitrogens is 1. The lowest BCUT2D eigenvalue weighted by molar-refractivity contribution is -0.137. The van der Waals surface area contributed by atoms with Crippen molar-refractivity contribution < 1.29 is 23.1 Å². The van der Waals surface area contributed by atoms with E-state index in [0.717, 1.165) is 38.2 Å². The number of rotatable bonds is 4. The fourth-order valence-electron chi connectivity index (χ4n) is 4.45. The molecular formula is C24H23F3N2O3. The van der Waals surface area contributed by atoms with Gasteiger partial charge in [0.15, 0.2) is 0 Å². The fourth-order valence-corrected chi connectivity index (χ4v) is 4.45. The van der Waals surface area contributed by atoms with E-state index in [1.54, 1.807) is 12.1 Å². The highest BCUT2D eigenvalue weighted by Gasteiger charge is 2.33. The van der Waals surface area contributed by atoms with Crippen molar-refractivity contribution in [2.45, 2.75) is 38.3 Å². The van der Waals surface area contributed by atoms with Crippen LogP contribution in [-0.2, 0) is 6.18 Å². The second kappa shape index (κ2) is 8.68. The van der Waals surface area contributed by atoms with Gasteiger partial charge >= 0.3 is 12.3 Å². The SMILES string of the molecule is O=C(O)N(CC1CCCCC1)c1ccc2cc(-c3ccccc3C(F)(F)F)[nH]c(=O)c2c1. The zero-order valence-corrected chi connectivity index (χ0v) is 17.3. The van der Waals surface area contributed by atoms with Crippen molar-refractivity contribution in [3.63, 3.8) is 0 Å². The Morgan fingerprint density at radius 3 is 2.47 bits per heavy atom. The van der Waals surface area contributed by atoms with Gasteiger partial charge in [0.05, 0.1) is 5.56 Å². The Morgan fingerprint density at radius 1 is 1.06 bits per heavy atom. The summed E-state index contributed by atoms with van der Waals surface area (Å²) in [4.78, 5) is 28.5. The standard InChI is InChI=1S/C24H23F3N2O3/c25-24(26,27)20-9-5-4-8-18(20)21-12-16-10-11-17(13-19(16)22(30)28-21)29(23(31)32)14-15-6-2-1-3-7-15/h4-5,8-13,15H,1-3,6-7,14H2,(H,28,30)(H,31,32). The van der Waals surface area contributed by atoms with Crippen LogP contribution in [0.3, 0.4) is 0 Å². The summed E-state index contributed by atoms with van der Waals surface area (Å²) in [6, 6.07) is 11.2. The predicted molar refractivity (Wildman–Crippen MR) is 117 cm³/mol. The van der Waals surface area contributed by atoms with E-state index in [4.69, 9.17) is 0 Å². The largest absolute Gasteiger partial charge is 0.465 e. The first-order chi connectivity index (χ1) is 15.2. The second-order valence-electron chi connectivity index (χ2n) is 8.22. The molecule has 1 fully saturated rings. The van der Waals surface area contributed by atoms with Crippen LogP contribution in [0, 0.1) is 5.92 Å². The number of carboxylic acid groups (broad SMARTS) is 1. The maximum atomic E-state index is 13.4. The molecule has 2 N–H and O–H groups in total. The number of hydrogen-bond donors (Lipinski definition) is 2. The van der Waals surface area contributed by atoms with Crippen LogP contribution in [0.2, 0.25) is 0 Å². The van der Waals surface area contributed by atoms with Crippen LogP contribution in [0.15, 0.2) is 53.3 Å². The number of pyridine rings is 1. The molecule has 0 atom stereocenters. The van der Waals surface area contributed by atoms with Crippen LogP contribution in [0.4, 0.5) is 23.7 Å². The van der Waals surface area contributed by atoms with Crippen molar-refractivity contribution in [1.29, 1.82) is 0 Å². The number of aromatic amines is 1. The van der Waals surface area contributed by atoms with Crippen LogP contribution < -0.4 is 10.5 Å². The summed E-state index contributed by atoms with van der Waals surface area (Å²) in [5, 5.41) is 10.4. The number of alkyl halides is 3. The molecule has 5 nitrogen and oxygen atoms in total. The van der Waals surface area contributed by atoms with Crippen LogP contribution in [0.5, 0.6) is 0 Å². The van der Waals surface area contributed by atoms with Gasteiger partial charge in [-0.15, -0.1) is 0 Å². The number of anilines is 1. The number of nitrogens with zero attached hydrogens (tertiary/aromatic N) is 1. The number of amides is 1. The van der Waals surface area contributed by atoms with Gasteiger partial charge in [0.2, 0.25) is 0 Å². The molecule has 0 spiro atoms. The van der Waals surface area contributed by atoms with Gasteiger partial charge in [0, 0.05) is 28.9 Å². The summed E-state index contributed by atoms with van der Waals surface area (Å²) >= 11 is 0. The number of aromatic nitrogens is 1. The monoisotopic (exact) mass is 444 g/mol. The molecule has 4 rings (SSSR count). The van der Waals surface area contributed by atoms with Crippen molar-refractivity contribution in [3.05, 3.63) is 64.4 Å². The molecule has 32 heavy (non-hydrogen) atoms. The number of benzene rings is 2. The Hall–Kier alpha value is -3.29. The number of carbonyl (C=O) groups is 1. The third-order valence-electron chi connectivity index (χ3n) is 6.06. The summed E-state index contributed by atoms with van der Waals surface area (Å²) in [7, 11) is 0. The molecule has 3 aromatic rings. The molecule has 0 aliphatic heterocycles. The molecule has 2 aromatic carbocycles. The van der Waals surface area contributed by atoms with Crippen LogP contribution in [0.25, 0.3) is 22.0 Å². The van der Waals surface area contributed by atoms with E-state index < -0.39 is 23.4 Å². The van der Waals surface area contributed by atoms with Gasteiger partial charge in [-0.05, 0) is 48.4 Å². The highest BCUT2D eigenvalue weighted by atomic mass is 19.4. The van der Waals surface area contributed by atoms with E-state index in [0.29, 0.717) is 17.6 Å². The topological polar surface area (TPSA) is 73.4 Å². The van der Waals surface area contributed by atoms with Crippen molar-refractivity contribution in [2.24, 2.45) is 5.92 Å². The average Bonchev–Trinajstić information content (AvgIpc) is 2.77. The first-order valence-corrected chi connectivity index (χ1v) is 10.6. The number of fused-ring (bicyclic) bond motifs is 1. The third kappa shape index (κ3) is 4.49. The Morgan fingerprint density at radius 2 is 1.78 bits per heavy atom. The molecule has 1 amide bonds. The molecule has 1 heterocycles. The van der Waals surface area contributed by atoms with E-state index in [2.05, 4.69) is 4.98 Å². The molecule has 0 unspecified atom stereocenters. The Labute approximate surface area is 182 Å². The summed E-state index contributed by atoms with van der Waals surface area (Å²) in [5.74, 6) is 0.273. The molecule has 1 aliphatic rings. The molecule has 8 heteroatoms. The number of halogens is 3. The minimum Gasteiger partial charge on any atom is -0.465 e. The van der Waals surface area contributed by atoms with Gasteiger partial charge in [-0.1, -0.05) is 43.5 Å². The molecule has 1 aliphatic carbocycles. The lowest BCUT2D eigenvalue weighted by Gasteiger charge is -2.28. The molecular weight excluding hydrogens is 421 g/mol. The smallest absolute Gasteiger partial charge is 0.417 e. The summed E-state index contributed by atoms with van der Waals surface area (Å²) in [6.45, 7) is 0.357. The normalized spacial score (nSPS) is 15.1. The zero-order valence-electron chi connectivity index (χ0n) is 17.3. The van der Waals surface area contributed by atoms with Gasteiger partial charge < -0.3 is 10.1 Å². The number of nitrogens with one attached hydrogen (secondary N) is 1. The highest BCUT2D eigenvalue weighted by molar-refractivity contribution is 5.93. The van der Waals surface area contributed by atoms with Gasteiger partial charge in [0.1, 0.15) is 0 Å². The molecule has 0 radical (unpaired) electrons. The maximum Gasteiger partial charge on any atom is 0.417 e. The minimum atomic E-state index is -4.56. The highest BCUT2D eigenvalue weighted by Crippen LogP contribution is 2.36. The van der Waals surface area contributed by atoms with Gasteiger partial charge in [-0.2, -0.15) is 13.2 Å². The predicted octanol–water partition coefficient (Wildman–Crippen LogP) is 6.28. The fraction of sp³-hybridized carbons (Fsp3) is 0.333. The van der Waals surface area contributed by atoms with Crippen LogP contribution >= 0.6 is 0 Å². The second-order valence-corrected chi connectivity index (χ2v) is 8.22. The van der Waals surface area contributed by atoms with Gasteiger partial charge in [-0.25, -0.2) is 4.79 Å². The molecule has 0 bridgehead atoms. The van der Waals surface area contributed by atoms with E-state index >= 15 is 0 Å². The Bertz CT molecular complexity index is 1200. The van der Waals surface area contributed by atoms with Crippen molar-refractivity contribution in [1.82, 2.24) is 4.98 Å². The van der Waals surface area contributed by atoms with Gasteiger partial charge in [-0.3, -0.25) is 9.69 Å². The minimum absolute atomic E-state index is 0.0560. The van der Waals surface area contributed by atoms with E-state index in [9.17, 15) is 27.9 Å². The summed E-state index contributed by atoms with van der Waals surface area (Å²) in [5.41, 5.74) is -1.09. The lowest BCUT2D eigenvalue weighted by Crippen LogP contribution is -2.35. The zero-order chi connectivity index (χ0) is 22.9. The Balaban J connectivity index is 1.73. The van der Waals surface area contributed by atoms with Crippen molar-refractivity contribution >= 4 is 22.6 Å². The average molecular weight is 444 g/mol. The molecule has 1 saturated carbocycles. The quantitative estimate of drug-likeness (QED) is 0.498. The van der Waals surface area contributed by atoms with E-state index in [1.807, 2.05) is 0 Å². The van der Waals surface area contributed by atoms with E-state index in [-0.39, 0.29) is 22.6 Å². The van der Waals surface area contributed by atoms with E-state index in [1.165, 1.54) is 35.2 Å². The van der Waals surface area contributed by atoms with Gasteiger partial charge in [0.25, 0.3) is 5.56 Å². The lowest BCUT2D eigenvalue weighted by atomic mass is 9.89. The summed E-state index contributed by atoms with van der Waals surface area (Å²) < 4.78 is 40.2. The first kappa shape index (κ1) is 21.9. The van der Waals surface area contributed by atoms with Crippen molar-refractivity contribution in [2.75, 3.05) is 11.4 Å². The van der Waals surface area contributed by atoms with Crippen LogP contribution in [0.1, 0.15) is 37.7 Å². The van der Waals surface area contributed by atoms with Crippen LogP contribution in [-0.4, -0.2) is 22.7 Å². The van der Waals surface area contributed by atoms with Crippen molar-refractivity contribution in [3.8, 4) is 11.3 Å². The Kier molecular flexibility index (Phi) is 5.95. The first-order valence-electron chi connectivity index (χ1n) is 10.6. The number of hydrogen-bond acceptors (Lipinski definition) is 2. The maximum absolute atomic E-state index is 13.4. The third-order valence-corrected chi connectivity index (χ3v) is 6.06. The molecule has 1 aromatic heterocycles. The molecule has 168 valence electrons. The molecule has 0 saturated heterocycles. The summed E-state index contributed by atoms with van der Waals surface area (Å²) in [6.07, 6.45) is -0.390.